The van der Waals surface area contributed by atoms with Crippen LogP contribution in [-0.4, -0.2) is 42.6 Å². The van der Waals surface area contributed by atoms with Gasteiger partial charge in [-0.15, -0.1) is 0 Å². The quantitative estimate of drug-likeness (QED) is 0.306. The minimum Gasteiger partial charge on any atom is -0.482 e. The Bertz CT molecular complexity index is 1470. The zero-order chi connectivity index (χ0) is 25.9. The normalized spacial score (nSPS) is 12.8. The van der Waals surface area contributed by atoms with Gasteiger partial charge in [0.1, 0.15) is 17.8 Å². The fourth-order valence-corrected chi connectivity index (χ4v) is 4.56. The van der Waals surface area contributed by atoms with Gasteiger partial charge in [-0.25, -0.2) is 23.1 Å². The Morgan fingerprint density at radius 2 is 1.81 bits per heavy atom. The number of Topliss-reactive ketones (excluding diaryl/α,β-unsaturated/α-hetero) is 1. The number of hydrogen-bond acceptors (Lipinski definition) is 8. The Morgan fingerprint density at radius 1 is 1.06 bits per heavy atom. The molecule has 4 rings (SSSR count). The smallest absolute Gasteiger partial charge is 0.270 e. The first kappa shape index (κ1) is 24.9. The summed E-state index contributed by atoms with van der Waals surface area (Å²) in [6.07, 6.45) is 1.00. The van der Waals surface area contributed by atoms with Gasteiger partial charge in [-0.05, 0) is 42.7 Å². The van der Waals surface area contributed by atoms with Crippen molar-refractivity contribution >= 4 is 33.3 Å². The Morgan fingerprint density at radius 3 is 2.56 bits per heavy atom. The van der Waals surface area contributed by atoms with Gasteiger partial charge in [0.05, 0.1) is 5.69 Å². The van der Waals surface area contributed by atoms with Crippen molar-refractivity contribution < 1.29 is 27.5 Å². The van der Waals surface area contributed by atoms with Crippen LogP contribution in [-0.2, 0) is 27.9 Å². The number of aromatic nitrogens is 2. The number of nitrogens with one attached hydrogen (secondary N) is 3. The van der Waals surface area contributed by atoms with Crippen LogP contribution in [0.1, 0.15) is 44.5 Å². The van der Waals surface area contributed by atoms with Crippen molar-refractivity contribution in [3.63, 3.8) is 0 Å². The predicted molar refractivity (Wildman–Crippen MR) is 129 cm³/mol. The predicted octanol–water partition coefficient (Wildman–Crippen LogP) is 1.73. The van der Waals surface area contributed by atoms with Crippen molar-refractivity contribution in [2.75, 3.05) is 11.9 Å². The third kappa shape index (κ3) is 5.73. The van der Waals surface area contributed by atoms with Gasteiger partial charge in [0, 0.05) is 24.7 Å². The highest BCUT2D eigenvalue weighted by Crippen LogP contribution is 2.28. The van der Waals surface area contributed by atoms with Crippen LogP contribution in [0.3, 0.4) is 0 Å². The summed E-state index contributed by atoms with van der Waals surface area (Å²) >= 11 is 0. The summed E-state index contributed by atoms with van der Waals surface area (Å²) in [6.45, 7) is 3.28. The molecule has 1 aliphatic rings. The molecule has 0 unspecified atom stereocenters. The van der Waals surface area contributed by atoms with E-state index in [1.807, 2.05) is 0 Å². The van der Waals surface area contributed by atoms with Crippen LogP contribution in [0.25, 0.3) is 0 Å². The second kappa shape index (κ2) is 10.2. The van der Waals surface area contributed by atoms with Gasteiger partial charge < -0.3 is 15.4 Å². The molecule has 0 bridgehead atoms. The number of anilines is 1. The van der Waals surface area contributed by atoms with Crippen LogP contribution in [0.15, 0.2) is 53.8 Å². The molecule has 2 aromatic carbocycles. The van der Waals surface area contributed by atoms with Crippen molar-refractivity contribution in [3.8, 4) is 5.75 Å². The largest absolute Gasteiger partial charge is 0.482 e. The summed E-state index contributed by atoms with van der Waals surface area (Å²) in [6, 6.07) is 11.2. The number of benzene rings is 2. The van der Waals surface area contributed by atoms with Crippen LogP contribution in [0.5, 0.6) is 5.75 Å². The monoisotopic (exact) mass is 509 g/mol. The average molecular weight is 510 g/mol. The first-order valence-electron chi connectivity index (χ1n) is 10.9. The number of amides is 2. The molecule has 1 aliphatic heterocycles. The molecule has 0 aliphatic carbocycles. The lowest BCUT2D eigenvalue weighted by Gasteiger charge is -2.18. The lowest BCUT2D eigenvalue weighted by Crippen LogP contribution is -2.27. The molecule has 11 nitrogen and oxygen atoms in total. The zero-order valence-corrected chi connectivity index (χ0v) is 20.3. The minimum absolute atomic E-state index is 0.0223. The highest BCUT2D eigenvalue weighted by atomic mass is 32.2. The fraction of sp³-hybridized carbons (Fsp3) is 0.208. The van der Waals surface area contributed by atoms with Crippen molar-refractivity contribution in [3.05, 3.63) is 76.7 Å². The number of rotatable bonds is 8. The van der Waals surface area contributed by atoms with E-state index in [9.17, 15) is 22.8 Å². The summed E-state index contributed by atoms with van der Waals surface area (Å²) in [4.78, 5) is 43.4. The van der Waals surface area contributed by atoms with E-state index < -0.39 is 15.9 Å². The van der Waals surface area contributed by atoms with Crippen LogP contribution in [0.2, 0.25) is 0 Å². The van der Waals surface area contributed by atoms with E-state index in [1.165, 1.54) is 6.92 Å². The molecule has 12 heteroatoms. The molecule has 0 radical (unpaired) electrons. The molecule has 36 heavy (non-hydrogen) atoms. The third-order valence-electron chi connectivity index (χ3n) is 5.42. The lowest BCUT2D eigenvalue weighted by molar-refractivity contribution is -0.118. The molecular weight excluding hydrogens is 486 g/mol. The number of hydrogen-bond donors (Lipinski definition) is 3. The maximum Gasteiger partial charge on any atom is 0.270 e. The van der Waals surface area contributed by atoms with E-state index >= 15 is 0 Å². The lowest BCUT2D eigenvalue weighted by atomic mass is 10.0. The molecule has 1 aromatic heterocycles. The van der Waals surface area contributed by atoms with Gasteiger partial charge in [-0.1, -0.05) is 24.3 Å². The SMILES string of the molecule is CC(=O)c1ccc(CNS(=O)(=O)c2cc(C(=O)NCc3ccc4c(c3)NC(=O)CO4)ncn2)cc1C. The van der Waals surface area contributed by atoms with Gasteiger partial charge in [0.25, 0.3) is 21.8 Å². The molecule has 3 aromatic rings. The van der Waals surface area contributed by atoms with Gasteiger partial charge in [0.15, 0.2) is 17.4 Å². The summed E-state index contributed by atoms with van der Waals surface area (Å²) in [5.74, 6) is -0.399. The van der Waals surface area contributed by atoms with Crippen molar-refractivity contribution in [1.82, 2.24) is 20.0 Å². The molecule has 186 valence electrons. The minimum atomic E-state index is -4.04. The van der Waals surface area contributed by atoms with E-state index in [4.69, 9.17) is 4.74 Å². The maximum absolute atomic E-state index is 12.7. The van der Waals surface area contributed by atoms with Crippen LogP contribution in [0, 0.1) is 6.92 Å². The Labute approximate surface area is 207 Å². The van der Waals surface area contributed by atoms with Crippen molar-refractivity contribution in [2.45, 2.75) is 32.0 Å². The summed E-state index contributed by atoms with van der Waals surface area (Å²) in [5, 5.41) is 5.00. The van der Waals surface area contributed by atoms with Gasteiger partial charge in [0.2, 0.25) is 0 Å². The molecule has 0 fully saturated rings. The number of aryl methyl sites for hydroxylation is 1. The number of sulfonamides is 1. The maximum atomic E-state index is 12.7. The van der Waals surface area contributed by atoms with E-state index in [2.05, 4.69) is 25.3 Å². The Hall–Kier alpha value is -4.16. The molecule has 0 spiro atoms. The third-order valence-corrected chi connectivity index (χ3v) is 6.71. The van der Waals surface area contributed by atoms with E-state index in [1.54, 1.807) is 43.3 Å². The summed E-state index contributed by atoms with van der Waals surface area (Å²) in [7, 11) is -4.04. The molecule has 0 atom stereocenters. The number of fused-ring (bicyclic) bond motifs is 1. The zero-order valence-electron chi connectivity index (χ0n) is 19.5. The molecule has 3 N–H and O–H groups in total. The number of nitrogens with zero attached hydrogens (tertiary/aromatic N) is 2. The van der Waals surface area contributed by atoms with Crippen LogP contribution in [0.4, 0.5) is 5.69 Å². The number of carbonyl (C=O) groups is 3. The van der Waals surface area contributed by atoms with Gasteiger partial charge in [-0.3, -0.25) is 14.4 Å². The standard InChI is InChI=1S/C24H23N5O6S/c1-14-7-16(3-5-18(14)15(2)30)11-28-36(33,34)23-9-20(26-13-27-23)24(32)25-10-17-4-6-21-19(8-17)29-22(31)12-35-21/h3-9,13,28H,10-12H2,1-2H3,(H,25,32)(H,29,31). The molecule has 0 saturated heterocycles. The number of carbonyl (C=O) groups excluding carboxylic acids is 3. The molecular formula is C24H23N5O6S. The second-order valence-corrected chi connectivity index (χ2v) is 9.84. The summed E-state index contributed by atoms with van der Waals surface area (Å²) < 4.78 is 33.2. The highest BCUT2D eigenvalue weighted by Gasteiger charge is 2.20. The Balaban J connectivity index is 1.40. The first-order chi connectivity index (χ1) is 17.1. The van der Waals surface area contributed by atoms with E-state index in [0.717, 1.165) is 18.0 Å². The van der Waals surface area contributed by atoms with E-state index in [-0.39, 0.29) is 42.1 Å². The second-order valence-electron chi connectivity index (χ2n) is 8.12. The molecule has 2 amide bonds. The average Bonchev–Trinajstić information content (AvgIpc) is 2.85. The molecule has 2 heterocycles. The van der Waals surface area contributed by atoms with Gasteiger partial charge >= 0.3 is 0 Å². The van der Waals surface area contributed by atoms with Crippen LogP contribution >= 0.6 is 0 Å². The van der Waals surface area contributed by atoms with Crippen molar-refractivity contribution in [1.29, 1.82) is 0 Å². The van der Waals surface area contributed by atoms with E-state index in [0.29, 0.717) is 28.1 Å². The van der Waals surface area contributed by atoms with Crippen LogP contribution < -0.4 is 20.1 Å². The number of ketones is 1. The fourth-order valence-electron chi connectivity index (χ4n) is 3.61. The van der Waals surface area contributed by atoms with Gasteiger partial charge in [-0.2, -0.15) is 0 Å². The van der Waals surface area contributed by atoms with Crippen molar-refractivity contribution in [2.24, 2.45) is 0 Å². The topological polar surface area (TPSA) is 156 Å². The Kier molecular flexibility index (Phi) is 7.08. The number of ether oxygens (including phenoxy) is 1. The highest BCUT2D eigenvalue weighted by molar-refractivity contribution is 7.89. The first-order valence-corrected chi connectivity index (χ1v) is 12.4. The summed E-state index contributed by atoms with van der Waals surface area (Å²) in [5.41, 5.74) is 3.06. The molecule has 0 saturated carbocycles.